The molecule has 1 saturated heterocycles. The number of nitrogens with zero attached hydrogens (tertiary/aromatic N) is 5. The van der Waals surface area contributed by atoms with E-state index in [9.17, 15) is 48.9 Å². The Morgan fingerprint density at radius 2 is 1.09 bits per heavy atom. The molecule has 3 unspecified atom stereocenters. The number of benzene rings is 6. The van der Waals surface area contributed by atoms with E-state index in [0.29, 0.717) is 51.6 Å². The first-order valence-electron chi connectivity index (χ1n) is 43.4. The Morgan fingerprint density at radius 3 is 1.69 bits per heavy atom. The number of aromatic hydroxyl groups is 2. The number of aliphatic carboxylic acids is 1. The number of aromatic amines is 1. The van der Waals surface area contributed by atoms with Gasteiger partial charge in [-0.2, -0.15) is 0 Å². The van der Waals surface area contributed by atoms with Crippen LogP contribution in [0.1, 0.15) is 112 Å². The zero-order valence-corrected chi connectivity index (χ0v) is 76.8. The van der Waals surface area contributed by atoms with Gasteiger partial charge in [0, 0.05) is 96.1 Å². The third-order valence-electron chi connectivity index (χ3n) is 23.2. The second-order valence-electron chi connectivity index (χ2n) is 34.2. The summed E-state index contributed by atoms with van der Waals surface area (Å²) >= 11 is 6.89. The molecule has 0 radical (unpaired) electrons. The average Bonchev–Trinajstić information content (AvgIpc) is 1.56. The molecule has 1 aromatic heterocycles. The van der Waals surface area contributed by atoms with Gasteiger partial charge in [0.25, 0.3) is 0 Å². The number of para-hydroxylation sites is 1. The van der Waals surface area contributed by atoms with E-state index in [0.717, 1.165) is 42.3 Å². The van der Waals surface area contributed by atoms with Crippen LogP contribution in [-0.2, 0) is 109 Å². The molecule has 2 aliphatic rings. The number of aromatic nitrogens is 1. The van der Waals surface area contributed by atoms with Gasteiger partial charge in [-0.1, -0.05) is 168 Å². The number of halogens is 2. The quantitative estimate of drug-likeness (QED) is 0.0462. The zero-order chi connectivity index (χ0) is 96.5. The van der Waals surface area contributed by atoms with Crippen molar-refractivity contribution in [2.75, 3.05) is 66.4 Å². The lowest BCUT2D eigenvalue weighted by atomic mass is 9.98. The smallest absolute Gasteiger partial charge is 0.305 e. The van der Waals surface area contributed by atoms with Crippen molar-refractivity contribution in [3.63, 3.8) is 0 Å². The van der Waals surface area contributed by atoms with Crippen LogP contribution < -0.4 is 53.6 Å². The number of rotatable bonds is 22. The lowest BCUT2D eigenvalue weighted by molar-refractivity contribution is -0.151. The van der Waals surface area contributed by atoms with Crippen LogP contribution in [-0.4, -0.2) is 272 Å². The number of carboxylic acid groups (broad SMARTS) is 1. The summed E-state index contributed by atoms with van der Waals surface area (Å²) in [6.45, 7) is 6.02. The van der Waals surface area contributed by atoms with E-state index >= 15 is 47.5 Å². The van der Waals surface area contributed by atoms with Gasteiger partial charge in [0.1, 0.15) is 83.3 Å². The fraction of sp³-hybridized carbons (Fsp3) is 0.426. The molecule has 0 bridgehead atoms. The Morgan fingerprint density at radius 1 is 0.553 bits per heavy atom. The number of hydrogen-bond acceptors (Lipinski definition) is 19. The van der Waals surface area contributed by atoms with E-state index in [1.165, 1.54) is 95.9 Å². The highest BCUT2D eigenvalue weighted by molar-refractivity contribution is 8.00. The van der Waals surface area contributed by atoms with Crippen LogP contribution in [0.25, 0.3) is 10.9 Å². The summed E-state index contributed by atoms with van der Waals surface area (Å²) in [6, 6.07) is 23.2. The molecule has 1 spiro atoms. The summed E-state index contributed by atoms with van der Waals surface area (Å²) in [7, 11) is 6.36. The monoisotopic (exact) mass is 1860 g/mol. The lowest BCUT2D eigenvalue weighted by Gasteiger charge is -2.37. The van der Waals surface area contributed by atoms with Crippen LogP contribution >= 0.6 is 23.4 Å². The molecular weight excluding hydrogens is 1740 g/mol. The predicted molar refractivity (Wildman–Crippen MR) is 490 cm³/mol. The van der Waals surface area contributed by atoms with E-state index in [4.69, 9.17) is 17.3 Å². The highest BCUT2D eigenvalue weighted by atomic mass is 35.5. The summed E-state index contributed by atoms with van der Waals surface area (Å²) in [4.78, 5) is 244. The van der Waals surface area contributed by atoms with Gasteiger partial charge in [-0.25, -0.2) is 4.39 Å². The first kappa shape index (κ1) is 102. The molecule has 15 amide bonds. The molecule has 706 valence electrons. The average molecular weight is 1860 g/mol. The second kappa shape index (κ2) is 47.4. The largest absolute Gasteiger partial charge is 0.508 e. The van der Waals surface area contributed by atoms with Crippen LogP contribution in [0.15, 0.2) is 158 Å². The number of primary amides is 1. The number of phenolic OH excluding ortho intramolecular Hbond substituents is 2. The third-order valence-corrected chi connectivity index (χ3v) is 24.5. The molecule has 6 aromatic carbocycles. The molecule has 12 atom stereocenters. The minimum Gasteiger partial charge on any atom is -0.508 e. The first-order valence-corrected chi connectivity index (χ1v) is 44.9. The standard InChI is InChI=1S/C94H116ClFN16O19S/c1-11-12-27-74-90(128)109(7)50-79(117)101-70(45-81(119)120)85(123)106-82(54(4)5)92(130)111(9)75(42-55-21-15-13-16-22-55)87(125)103-71(40-57-28-33-61(113)34-29-57)88(126)108(6)49-78(116)100-69(44-60-47-98-67-26-20-19-25-63(60)67)86(124)107-94(46-64(94)59-31-35-62(114)36-32-59)93(131)105-68(38-53(2)3)84(122)104-73(83(121)99-48-77(97)115)51-132-52-80(118)102-72(41-58-30-37-65(95)66(96)39-58)89(127)112(10)76(91(129)110(74)8)43-56-23-17-14-18-24-56/h13-26,28-37,39,47,53-54,64,68-76,82,98,113-114H,11-12,27,38,40-46,48-52H2,1-10H3,(H2,97,115)(H,99,121)(H,100,116)(H,101,117)(H,102,118)(H,103,125)(H,104,122)(H,105,131)(H,106,123)(H,107,124)(H,119,120)/t64?,68-,69-,70-,71-,72-,73-,74-,75?,76-,82-,94?/m0/s1. The molecule has 1 aliphatic heterocycles. The fourth-order valence-corrected chi connectivity index (χ4v) is 16.8. The number of nitrogens with one attached hydrogen (secondary N) is 10. The summed E-state index contributed by atoms with van der Waals surface area (Å²) in [5.41, 5.74) is 6.69. The Balaban J connectivity index is 1.12. The third kappa shape index (κ3) is 28.3. The van der Waals surface area contributed by atoms with Gasteiger partial charge in [-0.15, -0.1) is 11.8 Å². The number of H-pyrrole nitrogens is 1. The molecule has 15 N–H and O–H groups in total. The minimum absolute atomic E-state index is 0.0170. The van der Waals surface area contributed by atoms with E-state index in [2.05, 4.69) is 52.8 Å². The number of carbonyl (C=O) groups is 16. The topological polar surface area (TPSA) is 500 Å². The van der Waals surface area contributed by atoms with Crippen molar-refractivity contribution in [2.24, 2.45) is 17.6 Å². The van der Waals surface area contributed by atoms with Gasteiger partial charge < -0.3 is 98.4 Å². The number of carboxylic acids is 1. The molecule has 7 aromatic rings. The van der Waals surface area contributed by atoms with Crippen molar-refractivity contribution >= 4 is 129 Å². The lowest BCUT2D eigenvalue weighted by Crippen LogP contribution is -2.61. The van der Waals surface area contributed by atoms with E-state index in [1.54, 1.807) is 119 Å². The summed E-state index contributed by atoms with van der Waals surface area (Å²) in [5, 5.41) is 55.5. The van der Waals surface area contributed by atoms with Crippen LogP contribution in [0.5, 0.6) is 11.5 Å². The van der Waals surface area contributed by atoms with Crippen LogP contribution in [0.4, 0.5) is 4.39 Å². The highest BCUT2D eigenvalue weighted by Gasteiger charge is 2.63. The number of amides is 15. The van der Waals surface area contributed by atoms with Crippen molar-refractivity contribution in [3.8, 4) is 11.5 Å². The number of fused-ring (bicyclic) bond motifs is 1. The predicted octanol–water partition coefficient (Wildman–Crippen LogP) is 3.43. The van der Waals surface area contributed by atoms with Gasteiger partial charge in [0.15, 0.2) is 0 Å². The second-order valence-corrected chi connectivity index (χ2v) is 35.6. The normalized spacial score (nSPS) is 23.2. The Hall–Kier alpha value is -13.5. The Kier molecular flexibility index (Phi) is 36.7. The SMILES string of the molecule is CCCC[C@H]1C(=O)N(C)CC(=O)N[C@@H](CC(=O)O)C(=O)N[C@@H](C(C)C)C(=O)N(C)C(Cc2ccccc2)C(=O)N[C@@H](Cc2ccc(O)cc2)C(=O)N(C)CC(=O)N[C@@H](Cc2c[nH]c3ccccc23)C(=O)NC2(CC2c2ccc(O)cc2)C(=O)N[C@@H](CC(C)C)C(=O)N[C@H](C(=O)NCC(N)=O)CSCC(=O)N[C@@H](Cc2ccc(Cl)c(F)c2)C(=O)N(C)[C@@H](Cc2ccccc2)C(=O)N1C. The number of phenols is 2. The van der Waals surface area contributed by atoms with Gasteiger partial charge in [0.05, 0.1) is 36.8 Å². The number of nitrogens with two attached hydrogens (primary N) is 1. The molecule has 1 saturated carbocycles. The number of unbranched alkanes of at least 4 members (excludes halogenated alkanes) is 1. The van der Waals surface area contributed by atoms with Gasteiger partial charge >= 0.3 is 5.97 Å². The molecule has 2 heterocycles. The molecule has 132 heavy (non-hydrogen) atoms. The molecular formula is C94H116ClFN16O19S. The molecule has 9 rings (SSSR count). The zero-order valence-electron chi connectivity index (χ0n) is 75.2. The van der Waals surface area contributed by atoms with Gasteiger partial charge in [0.2, 0.25) is 88.6 Å². The number of thioether (sulfide) groups is 1. The summed E-state index contributed by atoms with van der Waals surface area (Å²) < 4.78 is 15.4. The van der Waals surface area contributed by atoms with Gasteiger partial charge in [-0.05, 0) is 107 Å². The van der Waals surface area contributed by atoms with Crippen molar-refractivity contribution < 1.29 is 96.4 Å². The maximum absolute atomic E-state index is 15.6. The first-order chi connectivity index (χ1) is 62.6. The van der Waals surface area contributed by atoms with Crippen molar-refractivity contribution in [3.05, 3.63) is 202 Å². The molecule has 2 fully saturated rings. The Labute approximate surface area is 773 Å². The molecule has 38 heteroatoms. The van der Waals surface area contributed by atoms with Crippen molar-refractivity contribution in [1.29, 1.82) is 0 Å². The van der Waals surface area contributed by atoms with E-state index < -0.39 is 222 Å². The Bertz CT molecular complexity index is 5330. The van der Waals surface area contributed by atoms with E-state index in [1.807, 2.05) is 6.92 Å². The fourth-order valence-electron chi connectivity index (χ4n) is 15.8. The number of likely N-dealkylation sites (N-methyl/N-ethyl adjacent to an activating group) is 5. The number of carbonyl (C=O) groups excluding carboxylic acids is 15. The maximum atomic E-state index is 15.6. The molecule has 1 aliphatic carbocycles. The summed E-state index contributed by atoms with van der Waals surface area (Å²) in [6.07, 6.45) is -0.312. The van der Waals surface area contributed by atoms with E-state index in [-0.39, 0.29) is 72.9 Å². The van der Waals surface area contributed by atoms with Crippen LogP contribution in [0, 0.1) is 17.7 Å². The molecule has 35 nitrogen and oxygen atoms in total. The van der Waals surface area contributed by atoms with Crippen molar-refractivity contribution in [1.82, 2.24) is 77.3 Å². The number of hydrogen-bond donors (Lipinski definition) is 14. The highest BCUT2D eigenvalue weighted by Crippen LogP contribution is 2.52. The maximum Gasteiger partial charge on any atom is 0.305 e. The van der Waals surface area contributed by atoms with Crippen LogP contribution in [0.2, 0.25) is 5.02 Å². The minimum atomic E-state index is -1.95. The van der Waals surface area contributed by atoms with Crippen molar-refractivity contribution in [2.45, 2.75) is 177 Å². The van der Waals surface area contributed by atoms with Crippen LogP contribution in [0.3, 0.4) is 0 Å². The van der Waals surface area contributed by atoms with Gasteiger partial charge in [-0.3, -0.25) is 76.7 Å². The summed E-state index contributed by atoms with van der Waals surface area (Å²) in [5.74, 6) is -20.0.